The highest BCUT2D eigenvalue weighted by Gasteiger charge is 2.06. The normalized spacial score (nSPS) is 13.2. The molecule has 0 bridgehead atoms. The summed E-state index contributed by atoms with van der Waals surface area (Å²) in [7, 11) is 0. The highest BCUT2D eigenvalue weighted by molar-refractivity contribution is 5.76. The van der Waals surface area contributed by atoms with Gasteiger partial charge in [-0.3, -0.25) is 0 Å². The van der Waals surface area contributed by atoms with Crippen LogP contribution in [0.5, 0.6) is 0 Å². The molecule has 0 saturated heterocycles. The largest absolute Gasteiger partial charge is 0.329 e. The molecule has 3 nitrogen and oxygen atoms in total. The summed E-state index contributed by atoms with van der Waals surface area (Å²) in [6.45, 7) is 7.24. The molecule has 1 aromatic heterocycles. The molecule has 0 aliphatic heterocycles. The molecular weight excluding hydrogens is 210 g/mol. The third kappa shape index (κ3) is 2.50. The highest BCUT2D eigenvalue weighted by atomic mass is 15.1. The average Bonchev–Trinajstić information content (AvgIpc) is 2.60. The van der Waals surface area contributed by atoms with Crippen LogP contribution in [-0.2, 0) is 13.0 Å². The molecule has 17 heavy (non-hydrogen) atoms. The second kappa shape index (κ2) is 4.88. The first-order valence-electron chi connectivity index (χ1n) is 6.33. The van der Waals surface area contributed by atoms with Gasteiger partial charge in [0.2, 0.25) is 0 Å². The molecular formula is C14H21N3. The summed E-state index contributed by atoms with van der Waals surface area (Å²) < 4.78 is 2.24. The first-order chi connectivity index (χ1) is 8.11. The standard InChI is InChI=1S/C14H21N3/c1-4-17-11(3)16-13-9-12(6-5-10(2)15)7-8-14(13)17/h7-10H,4-6,15H2,1-3H3. The van der Waals surface area contributed by atoms with Gasteiger partial charge in [0.1, 0.15) is 5.82 Å². The number of benzene rings is 1. The van der Waals surface area contributed by atoms with Crippen LogP contribution in [0.25, 0.3) is 11.0 Å². The van der Waals surface area contributed by atoms with Crippen LogP contribution in [0.4, 0.5) is 0 Å². The van der Waals surface area contributed by atoms with Crippen LogP contribution >= 0.6 is 0 Å². The fraction of sp³-hybridized carbons (Fsp3) is 0.500. The fourth-order valence-electron chi connectivity index (χ4n) is 2.24. The quantitative estimate of drug-likeness (QED) is 0.879. The van der Waals surface area contributed by atoms with Crippen molar-refractivity contribution in [1.82, 2.24) is 9.55 Å². The van der Waals surface area contributed by atoms with Gasteiger partial charge in [-0.15, -0.1) is 0 Å². The molecule has 0 amide bonds. The first kappa shape index (κ1) is 12.1. The lowest BCUT2D eigenvalue weighted by Crippen LogP contribution is -2.15. The molecule has 0 aliphatic carbocycles. The van der Waals surface area contributed by atoms with Gasteiger partial charge in [0, 0.05) is 12.6 Å². The molecule has 0 radical (unpaired) electrons. The number of hydrogen-bond donors (Lipinski definition) is 1. The molecule has 3 heteroatoms. The molecule has 0 aliphatic rings. The van der Waals surface area contributed by atoms with E-state index in [2.05, 4.69) is 48.5 Å². The summed E-state index contributed by atoms with van der Waals surface area (Å²) in [6, 6.07) is 6.82. The van der Waals surface area contributed by atoms with E-state index in [-0.39, 0.29) is 6.04 Å². The molecule has 0 saturated carbocycles. The molecule has 1 unspecified atom stereocenters. The number of imidazole rings is 1. The van der Waals surface area contributed by atoms with E-state index in [4.69, 9.17) is 5.73 Å². The minimum Gasteiger partial charge on any atom is -0.329 e. The monoisotopic (exact) mass is 231 g/mol. The maximum absolute atomic E-state index is 5.78. The van der Waals surface area contributed by atoms with Crippen LogP contribution in [0.2, 0.25) is 0 Å². The van der Waals surface area contributed by atoms with Crippen molar-refractivity contribution >= 4 is 11.0 Å². The Hall–Kier alpha value is -1.35. The molecule has 1 atom stereocenters. The van der Waals surface area contributed by atoms with E-state index < -0.39 is 0 Å². The number of nitrogens with zero attached hydrogens (tertiary/aromatic N) is 2. The maximum atomic E-state index is 5.78. The van der Waals surface area contributed by atoms with Crippen molar-refractivity contribution in [3.8, 4) is 0 Å². The molecule has 0 fully saturated rings. The number of hydrogen-bond acceptors (Lipinski definition) is 2. The Morgan fingerprint density at radius 3 is 2.82 bits per heavy atom. The van der Waals surface area contributed by atoms with E-state index in [1.54, 1.807) is 0 Å². The Kier molecular flexibility index (Phi) is 3.48. The van der Waals surface area contributed by atoms with Crippen LogP contribution in [0.3, 0.4) is 0 Å². The van der Waals surface area contributed by atoms with Crippen LogP contribution in [0.15, 0.2) is 18.2 Å². The minimum absolute atomic E-state index is 0.264. The highest BCUT2D eigenvalue weighted by Crippen LogP contribution is 2.18. The van der Waals surface area contributed by atoms with Crippen molar-refractivity contribution in [2.45, 2.75) is 46.2 Å². The Morgan fingerprint density at radius 1 is 1.41 bits per heavy atom. The van der Waals surface area contributed by atoms with Gasteiger partial charge in [0.05, 0.1) is 11.0 Å². The molecule has 1 heterocycles. The lowest BCUT2D eigenvalue weighted by Gasteiger charge is -2.05. The Morgan fingerprint density at radius 2 is 2.18 bits per heavy atom. The smallest absolute Gasteiger partial charge is 0.106 e. The van der Waals surface area contributed by atoms with Gasteiger partial charge in [-0.2, -0.15) is 0 Å². The van der Waals surface area contributed by atoms with E-state index in [1.807, 2.05) is 0 Å². The van der Waals surface area contributed by atoms with Crippen LogP contribution in [0, 0.1) is 6.92 Å². The van der Waals surface area contributed by atoms with Crippen LogP contribution in [0.1, 0.15) is 31.7 Å². The number of nitrogens with two attached hydrogens (primary N) is 1. The number of rotatable bonds is 4. The van der Waals surface area contributed by atoms with E-state index in [0.717, 1.165) is 30.7 Å². The first-order valence-corrected chi connectivity index (χ1v) is 6.33. The van der Waals surface area contributed by atoms with E-state index in [0.29, 0.717) is 0 Å². The van der Waals surface area contributed by atoms with Crippen molar-refractivity contribution in [1.29, 1.82) is 0 Å². The van der Waals surface area contributed by atoms with Crippen molar-refractivity contribution in [3.63, 3.8) is 0 Å². The third-order valence-electron chi connectivity index (χ3n) is 3.21. The summed E-state index contributed by atoms with van der Waals surface area (Å²) in [4.78, 5) is 4.60. The Bertz CT molecular complexity index is 511. The van der Waals surface area contributed by atoms with Gasteiger partial charge in [-0.05, 0) is 51.3 Å². The fourth-order valence-corrected chi connectivity index (χ4v) is 2.24. The summed E-state index contributed by atoms with van der Waals surface area (Å²) in [5.74, 6) is 1.09. The zero-order valence-corrected chi connectivity index (χ0v) is 10.9. The minimum atomic E-state index is 0.264. The van der Waals surface area contributed by atoms with Crippen molar-refractivity contribution in [2.24, 2.45) is 5.73 Å². The zero-order chi connectivity index (χ0) is 12.4. The van der Waals surface area contributed by atoms with E-state index in [9.17, 15) is 0 Å². The lowest BCUT2D eigenvalue weighted by molar-refractivity contribution is 0.666. The van der Waals surface area contributed by atoms with Crippen LogP contribution < -0.4 is 5.73 Å². The molecule has 2 rings (SSSR count). The molecule has 0 spiro atoms. The van der Waals surface area contributed by atoms with E-state index >= 15 is 0 Å². The van der Waals surface area contributed by atoms with E-state index in [1.165, 1.54) is 11.1 Å². The molecule has 92 valence electrons. The predicted molar refractivity (Wildman–Crippen MR) is 72.1 cm³/mol. The van der Waals surface area contributed by atoms with Gasteiger partial charge < -0.3 is 10.3 Å². The topological polar surface area (TPSA) is 43.8 Å². The van der Waals surface area contributed by atoms with Crippen molar-refractivity contribution < 1.29 is 0 Å². The molecule has 2 aromatic rings. The Balaban J connectivity index is 2.32. The molecule has 2 N–H and O–H groups in total. The van der Waals surface area contributed by atoms with Gasteiger partial charge in [-0.25, -0.2) is 4.98 Å². The van der Waals surface area contributed by atoms with Gasteiger partial charge in [0.15, 0.2) is 0 Å². The van der Waals surface area contributed by atoms with Crippen molar-refractivity contribution in [3.05, 3.63) is 29.6 Å². The zero-order valence-electron chi connectivity index (χ0n) is 10.9. The van der Waals surface area contributed by atoms with Crippen molar-refractivity contribution in [2.75, 3.05) is 0 Å². The van der Waals surface area contributed by atoms with Gasteiger partial charge in [-0.1, -0.05) is 6.07 Å². The van der Waals surface area contributed by atoms with Gasteiger partial charge >= 0.3 is 0 Å². The van der Waals surface area contributed by atoms with Crippen LogP contribution in [-0.4, -0.2) is 15.6 Å². The Labute approximate surface area is 103 Å². The third-order valence-corrected chi connectivity index (χ3v) is 3.21. The lowest BCUT2D eigenvalue weighted by atomic mass is 10.1. The second-order valence-corrected chi connectivity index (χ2v) is 4.74. The predicted octanol–water partition coefficient (Wildman–Crippen LogP) is 2.64. The summed E-state index contributed by atoms with van der Waals surface area (Å²) >= 11 is 0. The summed E-state index contributed by atoms with van der Waals surface area (Å²) in [5.41, 5.74) is 9.45. The number of fused-ring (bicyclic) bond motifs is 1. The average molecular weight is 231 g/mol. The summed E-state index contributed by atoms with van der Waals surface area (Å²) in [5, 5.41) is 0. The SMILES string of the molecule is CCn1c(C)nc2cc(CCC(C)N)ccc21. The number of aromatic nitrogens is 2. The van der Waals surface area contributed by atoms with Gasteiger partial charge in [0.25, 0.3) is 0 Å². The second-order valence-electron chi connectivity index (χ2n) is 4.74. The summed E-state index contributed by atoms with van der Waals surface area (Å²) in [6.07, 6.45) is 2.06. The number of aryl methyl sites for hydroxylation is 3. The maximum Gasteiger partial charge on any atom is 0.106 e. The molecule has 1 aromatic carbocycles.